The molecule has 0 spiro atoms. The fourth-order valence-corrected chi connectivity index (χ4v) is 3.16. The van der Waals surface area contributed by atoms with E-state index in [2.05, 4.69) is 20.0 Å². The van der Waals surface area contributed by atoms with Crippen molar-refractivity contribution in [2.45, 2.75) is 13.1 Å². The summed E-state index contributed by atoms with van der Waals surface area (Å²) in [6.45, 7) is 4.17. The second kappa shape index (κ2) is 6.36. The van der Waals surface area contributed by atoms with Crippen LogP contribution in [0.5, 0.6) is 0 Å². The van der Waals surface area contributed by atoms with E-state index in [4.69, 9.17) is 0 Å². The number of anilines is 2. The van der Waals surface area contributed by atoms with E-state index in [0.29, 0.717) is 37.7 Å². The molecule has 0 bridgehead atoms. The van der Waals surface area contributed by atoms with Crippen LogP contribution in [0.4, 0.5) is 29.1 Å². The van der Waals surface area contributed by atoms with Gasteiger partial charge < -0.3 is 9.80 Å². The van der Waals surface area contributed by atoms with Crippen LogP contribution < -0.4 is 9.80 Å². The van der Waals surface area contributed by atoms with E-state index in [1.165, 1.54) is 12.1 Å². The molecule has 3 aromatic rings. The maximum atomic E-state index is 13.1. The predicted octanol–water partition coefficient (Wildman–Crippen LogP) is 2.92. The number of piperazine rings is 1. The second-order valence-corrected chi connectivity index (χ2v) is 6.35. The molecular weight excluding hydrogens is 364 g/mol. The highest BCUT2D eigenvalue weighted by atomic mass is 19.4. The van der Waals surface area contributed by atoms with Gasteiger partial charge in [-0.25, -0.2) is 9.37 Å². The summed E-state index contributed by atoms with van der Waals surface area (Å²) < 4.78 is 53.1. The zero-order valence-electron chi connectivity index (χ0n) is 14.4. The Morgan fingerprint density at radius 3 is 2.19 bits per heavy atom. The van der Waals surface area contributed by atoms with Crippen LogP contribution >= 0.6 is 0 Å². The van der Waals surface area contributed by atoms with Crippen molar-refractivity contribution in [1.29, 1.82) is 0 Å². The summed E-state index contributed by atoms with van der Waals surface area (Å²) in [6, 6.07) is 7.95. The minimum atomic E-state index is -4.62. The van der Waals surface area contributed by atoms with E-state index < -0.39 is 12.0 Å². The number of hydrogen-bond donors (Lipinski definition) is 0. The molecule has 0 atom stereocenters. The number of halogens is 4. The lowest BCUT2D eigenvalue weighted by atomic mass is 10.2. The van der Waals surface area contributed by atoms with E-state index in [-0.39, 0.29) is 11.6 Å². The van der Waals surface area contributed by atoms with Crippen LogP contribution in [0.3, 0.4) is 0 Å². The quantitative estimate of drug-likeness (QED) is 0.640. The van der Waals surface area contributed by atoms with Crippen LogP contribution in [0, 0.1) is 12.7 Å². The van der Waals surface area contributed by atoms with Gasteiger partial charge in [-0.05, 0) is 31.2 Å². The fraction of sp³-hybridized carbons (Fsp3) is 0.353. The van der Waals surface area contributed by atoms with Gasteiger partial charge >= 0.3 is 6.18 Å². The molecule has 6 nitrogen and oxygen atoms in total. The summed E-state index contributed by atoms with van der Waals surface area (Å²) in [6.07, 6.45) is -4.62. The summed E-state index contributed by atoms with van der Waals surface area (Å²) in [7, 11) is 0. The van der Waals surface area contributed by atoms with Gasteiger partial charge in [-0.15, -0.1) is 5.10 Å². The maximum absolute atomic E-state index is 13.1. The molecule has 0 amide bonds. The summed E-state index contributed by atoms with van der Waals surface area (Å²) in [4.78, 5) is 11.6. The molecule has 1 aliphatic rings. The molecule has 0 saturated carbocycles. The van der Waals surface area contributed by atoms with Gasteiger partial charge in [-0.1, -0.05) is 0 Å². The number of nitrogens with zero attached hydrogens (tertiary/aromatic N) is 6. The molecule has 2 aromatic heterocycles. The molecule has 0 aliphatic carbocycles. The normalized spacial score (nSPS) is 15.6. The first-order valence-electron chi connectivity index (χ1n) is 8.38. The van der Waals surface area contributed by atoms with Gasteiger partial charge in [0.2, 0.25) is 0 Å². The molecule has 0 unspecified atom stereocenters. The van der Waals surface area contributed by atoms with E-state index >= 15 is 0 Å². The van der Waals surface area contributed by atoms with E-state index in [9.17, 15) is 17.6 Å². The lowest BCUT2D eigenvalue weighted by Gasteiger charge is -2.37. The van der Waals surface area contributed by atoms with Gasteiger partial charge in [0.15, 0.2) is 0 Å². The van der Waals surface area contributed by atoms with Crippen molar-refractivity contribution in [2.24, 2.45) is 0 Å². The standard InChI is InChI=1S/C17H16F4N6/c1-11-10-14(27-16(22-11)23-15(24-27)17(19,20)21)26-8-6-25(7-9-26)13-4-2-12(18)3-5-13/h2-5,10H,6-9H2,1H3. The Kier molecular flexibility index (Phi) is 4.12. The fourth-order valence-electron chi connectivity index (χ4n) is 3.16. The molecule has 0 radical (unpaired) electrons. The number of aromatic nitrogens is 4. The summed E-state index contributed by atoms with van der Waals surface area (Å²) in [5.41, 5.74) is 1.48. The van der Waals surface area contributed by atoms with E-state index in [1.54, 1.807) is 25.1 Å². The minimum absolute atomic E-state index is 0.0710. The molecule has 10 heteroatoms. The van der Waals surface area contributed by atoms with Crippen LogP contribution in [0.1, 0.15) is 11.5 Å². The van der Waals surface area contributed by atoms with Crippen LogP contribution in [-0.2, 0) is 6.18 Å². The summed E-state index contributed by atoms with van der Waals surface area (Å²) >= 11 is 0. The highest BCUT2D eigenvalue weighted by molar-refractivity contribution is 5.52. The molecule has 0 N–H and O–H groups in total. The Hall–Kier alpha value is -2.91. The Balaban J connectivity index is 1.60. The smallest absolute Gasteiger partial charge is 0.368 e. The van der Waals surface area contributed by atoms with Crippen molar-refractivity contribution in [1.82, 2.24) is 19.6 Å². The van der Waals surface area contributed by atoms with Gasteiger partial charge in [0, 0.05) is 43.6 Å². The molecule has 1 fully saturated rings. The highest BCUT2D eigenvalue weighted by Crippen LogP contribution is 2.28. The minimum Gasteiger partial charge on any atom is -0.368 e. The molecule has 4 rings (SSSR count). The average Bonchev–Trinajstić information content (AvgIpc) is 3.06. The summed E-state index contributed by atoms with van der Waals surface area (Å²) in [5.74, 6) is -1.04. The lowest BCUT2D eigenvalue weighted by molar-refractivity contribution is -0.144. The van der Waals surface area contributed by atoms with Crippen molar-refractivity contribution in [2.75, 3.05) is 36.0 Å². The monoisotopic (exact) mass is 380 g/mol. The van der Waals surface area contributed by atoms with Crippen molar-refractivity contribution in [3.8, 4) is 0 Å². The highest BCUT2D eigenvalue weighted by Gasteiger charge is 2.37. The first-order valence-corrected chi connectivity index (χ1v) is 8.38. The maximum Gasteiger partial charge on any atom is 0.453 e. The topological polar surface area (TPSA) is 49.6 Å². The molecule has 1 aromatic carbocycles. The Morgan fingerprint density at radius 1 is 0.926 bits per heavy atom. The van der Waals surface area contributed by atoms with E-state index in [1.807, 2.05) is 4.90 Å². The summed E-state index contributed by atoms with van der Waals surface area (Å²) in [5, 5.41) is 3.61. The third-order valence-corrected chi connectivity index (χ3v) is 4.47. The molecule has 27 heavy (non-hydrogen) atoms. The molecule has 1 aliphatic heterocycles. The van der Waals surface area contributed by atoms with Gasteiger partial charge in [0.1, 0.15) is 11.6 Å². The lowest BCUT2D eigenvalue weighted by Crippen LogP contribution is -2.47. The molecule has 1 saturated heterocycles. The third-order valence-electron chi connectivity index (χ3n) is 4.47. The number of fused-ring (bicyclic) bond motifs is 1. The van der Waals surface area contributed by atoms with Crippen molar-refractivity contribution >= 4 is 17.3 Å². The average molecular weight is 380 g/mol. The van der Waals surface area contributed by atoms with Crippen LogP contribution in [-0.4, -0.2) is 45.8 Å². The van der Waals surface area contributed by atoms with Crippen molar-refractivity contribution < 1.29 is 17.6 Å². The molecule has 3 heterocycles. The molecule has 142 valence electrons. The van der Waals surface area contributed by atoms with Crippen LogP contribution in [0.15, 0.2) is 30.3 Å². The van der Waals surface area contributed by atoms with Gasteiger partial charge in [0.25, 0.3) is 11.6 Å². The first-order chi connectivity index (χ1) is 12.8. The van der Waals surface area contributed by atoms with Gasteiger partial charge in [0.05, 0.1) is 0 Å². The Bertz CT molecular complexity index is 958. The van der Waals surface area contributed by atoms with E-state index in [0.717, 1.165) is 10.2 Å². The van der Waals surface area contributed by atoms with Crippen LogP contribution in [0.25, 0.3) is 5.78 Å². The second-order valence-electron chi connectivity index (χ2n) is 6.35. The number of alkyl halides is 3. The predicted molar refractivity (Wildman–Crippen MR) is 91.3 cm³/mol. The zero-order chi connectivity index (χ0) is 19.2. The Labute approximate surface area is 152 Å². The van der Waals surface area contributed by atoms with Crippen molar-refractivity contribution in [3.05, 3.63) is 47.7 Å². The number of rotatable bonds is 2. The molecular formula is C17H16F4N6. The number of benzene rings is 1. The van der Waals surface area contributed by atoms with Crippen LogP contribution in [0.2, 0.25) is 0 Å². The third kappa shape index (κ3) is 3.38. The van der Waals surface area contributed by atoms with Crippen molar-refractivity contribution in [3.63, 3.8) is 0 Å². The number of aryl methyl sites for hydroxylation is 1. The first kappa shape index (κ1) is 17.5. The Morgan fingerprint density at radius 2 is 1.56 bits per heavy atom. The zero-order valence-corrected chi connectivity index (χ0v) is 14.4. The van der Waals surface area contributed by atoms with Gasteiger partial charge in [-0.2, -0.15) is 22.7 Å². The SMILES string of the molecule is Cc1cc(N2CCN(c3ccc(F)cc3)CC2)n2nc(C(F)(F)F)nc2n1. The number of hydrogen-bond acceptors (Lipinski definition) is 5. The van der Waals surface area contributed by atoms with Gasteiger partial charge in [-0.3, -0.25) is 0 Å². The largest absolute Gasteiger partial charge is 0.453 e.